The molecule has 0 aliphatic carbocycles. The highest BCUT2D eigenvalue weighted by Gasteiger charge is 2.15. The Morgan fingerprint density at radius 2 is 1.92 bits per heavy atom. The van der Waals surface area contributed by atoms with Crippen LogP contribution >= 0.6 is 15.9 Å². The number of hydrogen-bond donors (Lipinski definition) is 2. The summed E-state index contributed by atoms with van der Waals surface area (Å²) in [5.41, 5.74) is 0.731. The van der Waals surface area contributed by atoms with Gasteiger partial charge in [0.25, 0.3) is 0 Å². The Hall–Kier alpha value is -0.540. The standard InChI is InChI=1S/C10H13BrO2/c1-6(2)10(13)8-5-7(12)3-4-9(8)11/h3-6,10,12-13H,1-2H3. The van der Waals surface area contributed by atoms with Crippen LogP contribution in [0.4, 0.5) is 0 Å². The Balaban J connectivity index is 3.05. The molecule has 2 N–H and O–H groups in total. The van der Waals surface area contributed by atoms with Crippen molar-refractivity contribution in [3.8, 4) is 5.75 Å². The highest BCUT2D eigenvalue weighted by molar-refractivity contribution is 9.10. The number of aromatic hydroxyl groups is 1. The van der Waals surface area contributed by atoms with Crippen LogP contribution in [0.5, 0.6) is 5.75 Å². The predicted octanol–water partition coefficient (Wildman–Crippen LogP) is 2.84. The first-order chi connectivity index (χ1) is 6.02. The van der Waals surface area contributed by atoms with Gasteiger partial charge in [-0.2, -0.15) is 0 Å². The molecule has 1 atom stereocenters. The Morgan fingerprint density at radius 3 is 2.46 bits per heavy atom. The van der Waals surface area contributed by atoms with Crippen molar-refractivity contribution in [3.63, 3.8) is 0 Å². The van der Waals surface area contributed by atoms with Gasteiger partial charge in [0, 0.05) is 4.47 Å². The van der Waals surface area contributed by atoms with E-state index in [1.807, 2.05) is 13.8 Å². The van der Waals surface area contributed by atoms with Crippen molar-refractivity contribution in [1.82, 2.24) is 0 Å². The molecule has 0 radical (unpaired) electrons. The largest absolute Gasteiger partial charge is 0.508 e. The van der Waals surface area contributed by atoms with E-state index in [1.165, 1.54) is 0 Å². The predicted molar refractivity (Wildman–Crippen MR) is 55.6 cm³/mol. The highest BCUT2D eigenvalue weighted by atomic mass is 79.9. The maximum atomic E-state index is 9.76. The van der Waals surface area contributed by atoms with Crippen LogP contribution in [-0.4, -0.2) is 10.2 Å². The van der Waals surface area contributed by atoms with E-state index >= 15 is 0 Å². The Labute approximate surface area is 86.3 Å². The van der Waals surface area contributed by atoms with Gasteiger partial charge in [-0.1, -0.05) is 29.8 Å². The van der Waals surface area contributed by atoms with Crippen LogP contribution in [0, 0.1) is 5.92 Å². The fourth-order valence-electron chi connectivity index (χ4n) is 1.12. The summed E-state index contributed by atoms with van der Waals surface area (Å²) in [7, 11) is 0. The minimum Gasteiger partial charge on any atom is -0.508 e. The monoisotopic (exact) mass is 244 g/mol. The third-order valence-corrected chi connectivity index (χ3v) is 2.65. The van der Waals surface area contributed by atoms with Gasteiger partial charge in [0.05, 0.1) is 6.10 Å². The molecule has 0 aromatic heterocycles. The number of aliphatic hydroxyl groups excluding tert-OH is 1. The van der Waals surface area contributed by atoms with E-state index in [2.05, 4.69) is 15.9 Å². The summed E-state index contributed by atoms with van der Waals surface area (Å²) in [5, 5.41) is 19.0. The summed E-state index contributed by atoms with van der Waals surface area (Å²) < 4.78 is 0.825. The Bertz CT molecular complexity index is 297. The van der Waals surface area contributed by atoms with Crippen LogP contribution in [0.3, 0.4) is 0 Å². The SMILES string of the molecule is CC(C)C(O)c1cc(O)ccc1Br. The van der Waals surface area contributed by atoms with Crippen LogP contribution in [0.1, 0.15) is 25.5 Å². The van der Waals surface area contributed by atoms with Crippen molar-refractivity contribution in [3.05, 3.63) is 28.2 Å². The molecule has 0 aliphatic heterocycles. The van der Waals surface area contributed by atoms with E-state index in [0.29, 0.717) is 0 Å². The van der Waals surface area contributed by atoms with Crippen molar-refractivity contribution in [1.29, 1.82) is 0 Å². The Kier molecular flexibility index (Phi) is 3.33. The molecular formula is C10H13BrO2. The molecule has 0 amide bonds. The fourth-order valence-corrected chi connectivity index (χ4v) is 1.60. The van der Waals surface area contributed by atoms with Gasteiger partial charge in [-0.3, -0.25) is 0 Å². The summed E-state index contributed by atoms with van der Waals surface area (Å²) >= 11 is 3.33. The first-order valence-electron chi connectivity index (χ1n) is 4.19. The smallest absolute Gasteiger partial charge is 0.116 e. The summed E-state index contributed by atoms with van der Waals surface area (Å²) in [6, 6.07) is 4.89. The molecule has 1 unspecified atom stereocenters. The van der Waals surface area contributed by atoms with Gasteiger partial charge in [-0.15, -0.1) is 0 Å². The van der Waals surface area contributed by atoms with Gasteiger partial charge in [-0.05, 0) is 29.7 Å². The number of halogens is 1. The third kappa shape index (κ3) is 2.45. The normalized spacial score (nSPS) is 13.3. The average molecular weight is 245 g/mol. The fraction of sp³-hybridized carbons (Fsp3) is 0.400. The molecule has 1 aromatic carbocycles. The number of phenols is 1. The van der Waals surface area contributed by atoms with E-state index < -0.39 is 6.10 Å². The second-order valence-corrected chi connectivity index (χ2v) is 4.25. The number of rotatable bonds is 2. The van der Waals surface area contributed by atoms with E-state index in [9.17, 15) is 10.2 Å². The van der Waals surface area contributed by atoms with Crippen molar-refractivity contribution in [2.24, 2.45) is 5.92 Å². The van der Waals surface area contributed by atoms with E-state index in [-0.39, 0.29) is 11.7 Å². The van der Waals surface area contributed by atoms with Gasteiger partial charge >= 0.3 is 0 Å². The molecular weight excluding hydrogens is 232 g/mol. The second-order valence-electron chi connectivity index (χ2n) is 3.39. The van der Waals surface area contributed by atoms with Crippen LogP contribution in [0.15, 0.2) is 22.7 Å². The highest BCUT2D eigenvalue weighted by Crippen LogP contribution is 2.30. The molecule has 0 aliphatic rings. The average Bonchev–Trinajstić information content (AvgIpc) is 2.08. The summed E-state index contributed by atoms with van der Waals surface area (Å²) in [6.07, 6.45) is -0.540. The topological polar surface area (TPSA) is 40.5 Å². The zero-order valence-electron chi connectivity index (χ0n) is 7.66. The molecule has 72 valence electrons. The minimum absolute atomic E-state index is 0.137. The van der Waals surface area contributed by atoms with Gasteiger partial charge < -0.3 is 10.2 Å². The van der Waals surface area contributed by atoms with Crippen molar-refractivity contribution < 1.29 is 10.2 Å². The molecule has 0 heterocycles. The van der Waals surface area contributed by atoms with Crippen LogP contribution in [0.25, 0.3) is 0 Å². The maximum absolute atomic E-state index is 9.76. The summed E-state index contributed by atoms with van der Waals surface area (Å²) in [5.74, 6) is 0.316. The molecule has 13 heavy (non-hydrogen) atoms. The van der Waals surface area contributed by atoms with E-state index in [0.717, 1.165) is 10.0 Å². The molecule has 3 heteroatoms. The number of benzene rings is 1. The first-order valence-corrected chi connectivity index (χ1v) is 4.98. The molecule has 0 saturated heterocycles. The lowest BCUT2D eigenvalue weighted by Gasteiger charge is -2.16. The molecule has 0 spiro atoms. The maximum Gasteiger partial charge on any atom is 0.116 e. The van der Waals surface area contributed by atoms with Crippen molar-refractivity contribution in [2.45, 2.75) is 20.0 Å². The van der Waals surface area contributed by atoms with Crippen molar-refractivity contribution in [2.75, 3.05) is 0 Å². The number of aliphatic hydroxyl groups is 1. The third-order valence-electron chi connectivity index (χ3n) is 1.93. The van der Waals surface area contributed by atoms with Gasteiger partial charge in [-0.25, -0.2) is 0 Å². The van der Waals surface area contributed by atoms with Crippen molar-refractivity contribution >= 4 is 15.9 Å². The lowest BCUT2D eigenvalue weighted by Crippen LogP contribution is -2.05. The number of phenolic OH excluding ortho intramolecular Hbond substituents is 1. The first kappa shape index (κ1) is 10.5. The van der Waals surface area contributed by atoms with Gasteiger partial charge in [0.1, 0.15) is 5.75 Å². The lowest BCUT2D eigenvalue weighted by atomic mass is 9.99. The molecule has 1 rings (SSSR count). The molecule has 2 nitrogen and oxygen atoms in total. The number of hydrogen-bond acceptors (Lipinski definition) is 2. The summed E-state index contributed by atoms with van der Waals surface area (Å²) in [4.78, 5) is 0. The van der Waals surface area contributed by atoms with Crippen LogP contribution in [0.2, 0.25) is 0 Å². The zero-order valence-corrected chi connectivity index (χ0v) is 9.25. The molecule has 0 fully saturated rings. The van der Waals surface area contributed by atoms with E-state index in [4.69, 9.17) is 0 Å². The van der Waals surface area contributed by atoms with Crippen LogP contribution < -0.4 is 0 Å². The molecule has 1 aromatic rings. The second kappa shape index (κ2) is 4.11. The zero-order chi connectivity index (χ0) is 10.0. The van der Waals surface area contributed by atoms with E-state index in [1.54, 1.807) is 18.2 Å². The lowest BCUT2D eigenvalue weighted by molar-refractivity contribution is 0.126. The van der Waals surface area contributed by atoms with Gasteiger partial charge in [0.15, 0.2) is 0 Å². The Morgan fingerprint density at radius 1 is 1.31 bits per heavy atom. The van der Waals surface area contributed by atoms with Crippen LogP contribution in [-0.2, 0) is 0 Å². The summed E-state index contributed by atoms with van der Waals surface area (Å²) in [6.45, 7) is 3.86. The molecule has 0 bridgehead atoms. The minimum atomic E-state index is -0.540. The van der Waals surface area contributed by atoms with Gasteiger partial charge in [0.2, 0.25) is 0 Å². The molecule has 0 saturated carbocycles. The quantitative estimate of drug-likeness (QED) is 0.841.